The lowest BCUT2D eigenvalue weighted by Crippen LogP contribution is -2.20. The van der Waals surface area contributed by atoms with Crippen LogP contribution in [0.15, 0.2) is 18.2 Å². The molecule has 0 aliphatic rings. The summed E-state index contributed by atoms with van der Waals surface area (Å²) in [4.78, 5) is 10.5. The Hall–Kier alpha value is -1.62. The molecule has 0 aliphatic carbocycles. The third-order valence-corrected chi connectivity index (χ3v) is 1.80. The molecule has 3 N–H and O–H groups in total. The van der Waals surface area contributed by atoms with E-state index in [-0.39, 0.29) is 5.75 Å². The minimum atomic E-state index is -1.17. The van der Waals surface area contributed by atoms with E-state index in [4.69, 9.17) is 15.6 Å². The van der Waals surface area contributed by atoms with Crippen LogP contribution in [0.4, 0.5) is 4.39 Å². The number of ether oxygens (including phenoxy) is 1. The lowest BCUT2D eigenvalue weighted by atomic mass is 10.1. The monoisotopic (exact) mass is 199 g/mol. The largest absolute Gasteiger partial charge is 0.494 e. The highest BCUT2D eigenvalue weighted by molar-refractivity contribution is 5.75. The van der Waals surface area contributed by atoms with E-state index >= 15 is 0 Å². The van der Waals surface area contributed by atoms with Gasteiger partial charge in [0.1, 0.15) is 6.04 Å². The second kappa shape index (κ2) is 4.06. The van der Waals surface area contributed by atoms with Crippen molar-refractivity contribution in [2.75, 3.05) is 7.11 Å². The molecule has 14 heavy (non-hydrogen) atoms. The maximum absolute atomic E-state index is 12.9. The van der Waals surface area contributed by atoms with Crippen molar-refractivity contribution < 1.29 is 19.0 Å². The lowest BCUT2D eigenvalue weighted by molar-refractivity contribution is -0.138. The Morgan fingerprint density at radius 3 is 2.79 bits per heavy atom. The molecule has 1 atom stereocenters. The van der Waals surface area contributed by atoms with Crippen LogP contribution in [0.25, 0.3) is 0 Å². The Labute approximate surface area is 80.1 Å². The van der Waals surface area contributed by atoms with Gasteiger partial charge in [0, 0.05) is 0 Å². The molecule has 0 aromatic heterocycles. The highest BCUT2D eigenvalue weighted by Crippen LogP contribution is 2.21. The van der Waals surface area contributed by atoms with Gasteiger partial charge in [0.05, 0.1) is 7.11 Å². The summed E-state index contributed by atoms with van der Waals surface area (Å²) in [6, 6.07) is 2.55. The molecule has 4 nitrogen and oxygen atoms in total. The molecule has 0 saturated heterocycles. The molecule has 0 heterocycles. The van der Waals surface area contributed by atoms with E-state index in [2.05, 4.69) is 0 Å². The summed E-state index contributed by atoms with van der Waals surface area (Å²) in [5.41, 5.74) is 5.64. The topological polar surface area (TPSA) is 72.5 Å². The number of halogens is 1. The van der Waals surface area contributed by atoms with E-state index in [1.165, 1.54) is 19.2 Å². The van der Waals surface area contributed by atoms with Crippen LogP contribution in [-0.2, 0) is 4.79 Å². The molecule has 0 aliphatic heterocycles. The van der Waals surface area contributed by atoms with Gasteiger partial charge < -0.3 is 15.6 Å². The number of carbonyl (C=O) groups is 1. The first-order valence-corrected chi connectivity index (χ1v) is 3.88. The minimum absolute atomic E-state index is 0.0146. The molecule has 1 aromatic carbocycles. The van der Waals surface area contributed by atoms with E-state index in [1.807, 2.05) is 0 Å². The summed E-state index contributed by atoms with van der Waals surface area (Å²) in [6.45, 7) is 0. The van der Waals surface area contributed by atoms with Crippen molar-refractivity contribution in [3.05, 3.63) is 29.6 Å². The average Bonchev–Trinajstić information content (AvgIpc) is 2.17. The van der Waals surface area contributed by atoms with E-state index in [0.29, 0.717) is 5.56 Å². The number of benzene rings is 1. The molecular weight excluding hydrogens is 189 g/mol. The van der Waals surface area contributed by atoms with Gasteiger partial charge in [-0.2, -0.15) is 0 Å². The smallest absolute Gasteiger partial charge is 0.325 e. The lowest BCUT2D eigenvalue weighted by Gasteiger charge is -2.08. The normalized spacial score (nSPS) is 12.2. The molecule has 76 valence electrons. The first-order chi connectivity index (χ1) is 6.56. The summed E-state index contributed by atoms with van der Waals surface area (Å²) in [5.74, 6) is -1.73. The predicted octanol–water partition coefficient (Wildman–Crippen LogP) is 0.919. The zero-order chi connectivity index (χ0) is 10.7. The summed E-state index contributed by atoms with van der Waals surface area (Å²) in [6.07, 6.45) is 0. The third-order valence-electron chi connectivity index (χ3n) is 1.80. The van der Waals surface area contributed by atoms with Crippen LogP contribution < -0.4 is 10.5 Å². The van der Waals surface area contributed by atoms with Crippen molar-refractivity contribution in [3.8, 4) is 5.75 Å². The van der Waals surface area contributed by atoms with Crippen LogP contribution >= 0.6 is 0 Å². The van der Waals surface area contributed by atoms with Gasteiger partial charge in [-0.1, -0.05) is 6.07 Å². The molecule has 0 amide bonds. The van der Waals surface area contributed by atoms with Crippen LogP contribution in [-0.4, -0.2) is 18.2 Å². The molecule has 5 heteroatoms. The second-order valence-corrected chi connectivity index (χ2v) is 2.71. The van der Waals surface area contributed by atoms with Gasteiger partial charge in [-0.3, -0.25) is 4.79 Å². The van der Waals surface area contributed by atoms with Crippen LogP contribution in [0.1, 0.15) is 11.6 Å². The summed E-state index contributed by atoms with van der Waals surface area (Å²) >= 11 is 0. The summed E-state index contributed by atoms with van der Waals surface area (Å²) < 4.78 is 17.6. The molecule has 0 saturated carbocycles. The SMILES string of the molecule is COc1cc([C@@H](N)C(=O)O)ccc1F. The predicted molar refractivity (Wildman–Crippen MR) is 47.5 cm³/mol. The van der Waals surface area contributed by atoms with Crippen molar-refractivity contribution in [1.82, 2.24) is 0 Å². The van der Waals surface area contributed by atoms with Crippen molar-refractivity contribution in [1.29, 1.82) is 0 Å². The first-order valence-electron chi connectivity index (χ1n) is 3.88. The Bertz CT molecular complexity index is 354. The molecule has 0 bridgehead atoms. The molecule has 0 unspecified atom stereocenters. The maximum atomic E-state index is 12.9. The number of nitrogens with two attached hydrogens (primary N) is 1. The van der Waals surface area contributed by atoms with Gasteiger partial charge >= 0.3 is 5.97 Å². The molecule has 1 rings (SSSR count). The number of aliphatic carboxylic acids is 1. The van der Waals surface area contributed by atoms with Gasteiger partial charge in [-0.25, -0.2) is 4.39 Å². The fourth-order valence-electron chi connectivity index (χ4n) is 1.01. The number of hydrogen-bond donors (Lipinski definition) is 2. The highest BCUT2D eigenvalue weighted by Gasteiger charge is 2.15. The Kier molecular flexibility index (Phi) is 3.03. The third kappa shape index (κ3) is 2.00. The van der Waals surface area contributed by atoms with Crippen LogP contribution in [0.3, 0.4) is 0 Å². The van der Waals surface area contributed by atoms with Crippen molar-refractivity contribution >= 4 is 5.97 Å². The van der Waals surface area contributed by atoms with Gasteiger partial charge in [0.2, 0.25) is 0 Å². The van der Waals surface area contributed by atoms with Gasteiger partial charge in [-0.05, 0) is 17.7 Å². The Morgan fingerprint density at radius 1 is 1.64 bits per heavy atom. The highest BCUT2D eigenvalue weighted by atomic mass is 19.1. The quantitative estimate of drug-likeness (QED) is 0.759. The van der Waals surface area contributed by atoms with Crippen LogP contribution in [0.5, 0.6) is 5.75 Å². The number of methoxy groups -OCH3 is 1. The second-order valence-electron chi connectivity index (χ2n) is 2.71. The maximum Gasteiger partial charge on any atom is 0.325 e. The van der Waals surface area contributed by atoms with Crippen molar-refractivity contribution in [2.24, 2.45) is 5.73 Å². The van der Waals surface area contributed by atoms with Gasteiger partial charge in [-0.15, -0.1) is 0 Å². The summed E-state index contributed by atoms with van der Waals surface area (Å²) in [7, 11) is 1.30. The standard InChI is InChI=1S/C9H10FNO3/c1-14-7-4-5(2-3-6(7)10)8(11)9(12)13/h2-4,8H,11H2,1H3,(H,12,13)/t8-/m1/s1. The Morgan fingerprint density at radius 2 is 2.29 bits per heavy atom. The number of carboxylic acid groups (broad SMARTS) is 1. The molecule has 0 fully saturated rings. The number of rotatable bonds is 3. The zero-order valence-electron chi connectivity index (χ0n) is 7.53. The first kappa shape index (κ1) is 10.5. The average molecular weight is 199 g/mol. The molecule has 0 radical (unpaired) electrons. The van der Waals surface area contributed by atoms with Crippen molar-refractivity contribution in [3.63, 3.8) is 0 Å². The fraction of sp³-hybridized carbons (Fsp3) is 0.222. The van der Waals surface area contributed by atoms with Crippen LogP contribution in [0.2, 0.25) is 0 Å². The van der Waals surface area contributed by atoms with E-state index in [9.17, 15) is 9.18 Å². The Balaban J connectivity index is 3.06. The van der Waals surface area contributed by atoms with E-state index in [0.717, 1.165) is 6.07 Å². The minimum Gasteiger partial charge on any atom is -0.494 e. The zero-order valence-corrected chi connectivity index (χ0v) is 7.53. The number of hydrogen-bond acceptors (Lipinski definition) is 3. The van der Waals surface area contributed by atoms with E-state index < -0.39 is 17.8 Å². The molecule has 0 spiro atoms. The molecular formula is C9H10FNO3. The van der Waals surface area contributed by atoms with Crippen LogP contribution in [0, 0.1) is 5.82 Å². The fourth-order valence-corrected chi connectivity index (χ4v) is 1.01. The molecule has 1 aromatic rings. The number of carboxylic acids is 1. The van der Waals surface area contributed by atoms with Gasteiger partial charge in [0.25, 0.3) is 0 Å². The van der Waals surface area contributed by atoms with E-state index in [1.54, 1.807) is 0 Å². The summed E-state index contributed by atoms with van der Waals surface area (Å²) in [5, 5.41) is 8.61. The van der Waals surface area contributed by atoms with Crippen molar-refractivity contribution in [2.45, 2.75) is 6.04 Å². The van der Waals surface area contributed by atoms with Gasteiger partial charge in [0.15, 0.2) is 11.6 Å².